The highest BCUT2D eigenvalue weighted by atomic mass is 32.2. The van der Waals surface area contributed by atoms with Gasteiger partial charge in [0.15, 0.2) is 0 Å². The van der Waals surface area contributed by atoms with Gasteiger partial charge in [-0.25, -0.2) is 13.1 Å². The molecular formula is C8H17NO3S. The van der Waals surface area contributed by atoms with Crippen molar-refractivity contribution < 1.29 is 13.5 Å². The van der Waals surface area contributed by atoms with E-state index < -0.39 is 10.0 Å². The summed E-state index contributed by atoms with van der Waals surface area (Å²) < 4.78 is 25.0. The monoisotopic (exact) mass is 207 g/mol. The Balaban J connectivity index is 2.40. The third kappa shape index (κ3) is 3.25. The summed E-state index contributed by atoms with van der Waals surface area (Å²) in [6, 6.07) is 0.0436. The normalized spacial score (nSPS) is 29.4. The summed E-state index contributed by atoms with van der Waals surface area (Å²) in [6.07, 6.45) is 2.55. The van der Waals surface area contributed by atoms with Crippen LogP contribution in [0.4, 0.5) is 0 Å². The lowest BCUT2D eigenvalue weighted by molar-refractivity contribution is 0.228. The van der Waals surface area contributed by atoms with Crippen molar-refractivity contribution in [3.8, 4) is 0 Å². The van der Waals surface area contributed by atoms with E-state index in [2.05, 4.69) is 4.72 Å². The van der Waals surface area contributed by atoms with Crippen LogP contribution in [0.1, 0.15) is 26.2 Å². The predicted octanol–water partition coefficient (Wildman–Crippen LogP) is 0.0867. The average Bonchev–Trinajstić information content (AvgIpc) is 2.52. The van der Waals surface area contributed by atoms with Crippen molar-refractivity contribution in [2.75, 3.05) is 12.4 Å². The molecule has 1 rings (SSSR count). The maximum atomic E-state index is 11.2. The molecule has 0 aromatic heterocycles. The maximum Gasteiger partial charge on any atom is 0.211 e. The first kappa shape index (κ1) is 10.9. The van der Waals surface area contributed by atoms with Gasteiger partial charge in [0.05, 0.1) is 5.75 Å². The zero-order valence-electron chi connectivity index (χ0n) is 7.86. The first-order valence-electron chi connectivity index (χ1n) is 4.68. The van der Waals surface area contributed by atoms with E-state index in [-0.39, 0.29) is 24.3 Å². The largest absolute Gasteiger partial charge is 0.396 e. The average molecular weight is 207 g/mol. The molecule has 4 nitrogen and oxygen atoms in total. The Morgan fingerprint density at radius 3 is 2.62 bits per heavy atom. The second-order valence-corrected chi connectivity index (χ2v) is 5.62. The van der Waals surface area contributed by atoms with Gasteiger partial charge in [-0.3, -0.25) is 0 Å². The van der Waals surface area contributed by atoms with Gasteiger partial charge in [0.2, 0.25) is 10.0 Å². The van der Waals surface area contributed by atoms with Crippen LogP contribution >= 0.6 is 0 Å². The molecule has 1 saturated carbocycles. The predicted molar refractivity (Wildman–Crippen MR) is 50.8 cm³/mol. The molecular weight excluding hydrogens is 190 g/mol. The molecule has 0 radical (unpaired) electrons. The van der Waals surface area contributed by atoms with Gasteiger partial charge in [0, 0.05) is 12.6 Å². The van der Waals surface area contributed by atoms with E-state index in [1.165, 1.54) is 0 Å². The molecule has 2 atom stereocenters. The van der Waals surface area contributed by atoms with E-state index in [1.54, 1.807) is 6.92 Å². The Morgan fingerprint density at radius 1 is 1.46 bits per heavy atom. The van der Waals surface area contributed by atoms with Crippen LogP contribution in [0.5, 0.6) is 0 Å². The Bertz CT molecular complexity index is 250. The van der Waals surface area contributed by atoms with Crippen LogP contribution in [-0.2, 0) is 10.0 Å². The van der Waals surface area contributed by atoms with E-state index in [4.69, 9.17) is 5.11 Å². The van der Waals surface area contributed by atoms with Gasteiger partial charge < -0.3 is 5.11 Å². The Labute approximate surface area is 79.4 Å². The van der Waals surface area contributed by atoms with E-state index in [0.717, 1.165) is 19.3 Å². The third-order valence-electron chi connectivity index (χ3n) is 2.53. The van der Waals surface area contributed by atoms with Crippen molar-refractivity contribution in [2.24, 2.45) is 5.92 Å². The van der Waals surface area contributed by atoms with Crippen molar-refractivity contribution in [3.63, 3.8) is 0 Å². The van der Waals surface area contributed by atoms with E-state index in [9.17, 15) is 8.42 Å². The molecule has 13 heavy (non-hydrogen) atoms. The van der Waals surface area contributed by atoms with E-state index >= 15 is 0 Å². The summed E-state index contributed by atoms with van der Waals surface area (Å²) in [5, 5.41) is 8.86. The fraction of sp³-hybridized carbons (Fsp3) is 1.00. The summed E-state index contributed by atoms with van der Waals surface area (Å²) in [5.41, 5.74) is 0. The molecule has 0 amide bonds. The van der Waals surface area contributed by atoms with Gasteiger partial charge in [-0.2, -0.15) is 0 Å². The van der Waals surface area contributed by atoms with Crippen molar-refractivity contribution in [2.45, 2.75) is 32.2 Å². The SMILES string of the molecule is CCS(=O)(=O)N[C@@H]1CC[C@H](CO)C1. The number of hydrogen-bond acceptors (Lipinski definition) is 3. The Kier molecular flexibility index (Phi) is 3.70. The summed E-state index contributed by atoms with van der Waals surface area (Å²) >= 11 is 0. The van der Waals surface area contributed by atoms with E-state index in [0.29, 0.717) is 0 Å². The van der Waals surface area contributed by atoms with Crippen LogP contribution in [-0.4, -0.2) is 31.9 Å². The minimum atomic E-state index is -3.07. The zero-order chi connectivity index (χ0) is 9.90. The molecule has 0 aromatic carbocycles. The fourth-order valence-corrected chi connectivity index (χ4v) is 2.57. The van der Waals surface area contributed by atoms with Crippen LogP contribution in [0, 0.1) is 5.92 Å². The summed E-state index contributed by atoms with van der Waals surface area (Å²) in [6.45, 7) is 1.80. The number of hydrogen-bond donors (Lipinski definition) is 2. The van der Waals surface area contributed by atoms with Crippen LogP contribution in [0.25, 0.3) is 0 Å². The smallest absolute Gasteiger partial charge is 0.211 e. The Morgan fingerprint density at radius 2 is 2.15 bits per heavy atom. The summed E-state index contributed by atoms with van der Waals surface area (Å²) in [7, 11) is -3.07. The molecule has 0 heterocycles. The highest BCUT2D eigenvalue weighted by molar-refractivity contribution is 7.89. The molecule has 0 spiro atoms. The van der Waals surface area contributed by atoms with Crippen molar-refractivity contribution in [1.82, 2.24) is 4.72 Å². The quantitative estimate of drug-likeness (QED) is 0.686. The zero-order valence-corrected chi connectivity index (χ0v) is 8.68. The molecule has 0 saturated heterocycles. The lowest BCUT2D eigenvalue weighted by Crippen LogP contribution is -2.34. The van der Waals surface area contributed by atoms with Crippen molar-refractivity contribution >= 4 is 10.0 Å². The topological polar surface area (TPSA) is 66.4 Å². The first-order valence-corrected chi connectivity index (χ1v) is 6.33. The summed E-state index contributed by atoms with van der Waals surface area (Å²) in [5.74, 6) is 0.414. The number of nitrogens with one attached hydrogen (secondary N) is 1. The number of rotatable bonds is 4. The molecule has 5 heteroatoms. The molecule has 0 bridgehead atoms. The van der Waals surface area contributed by atoms with Gasteiger partial charge in [0.25, 0.3) is 0 Å². The minimum absolute atomic E-state index is 0.0436. The molecule has 1 fully saturated rings. The number of sulfonamides is 1. The highest BCUT2D eigenvalue weighted by Crippen LogP contribution is 2.25. The second kappa shape index (κ2) is 4.39. The van der Waals surface area contributed by atoms with Gasteiger partial charge in [-0.1, -0.05) is 0 Å². The molecule has 0 unspecified atom stereocenters. The Hall–Kier alpha value is -0.130. The molecule has 78 valence electrons. The van der Waals surface area contributed by atoms with Gasteiger partial charge in [-0.15, -0.1) is 0 Å². The number of aliphatic hydroxyl groups excluding tert-OH is 1. The van der Waals surface area contributed by atoms with Crippen LogP contribution in [0.2, 0.25) is 0 Å². The van der Waals surface area contributed by atoms with Crippen LogP contribution in [0.15, 0.2) is 0 Å². The van der Waals surface area contributed by atoms with Crippen LogP contribution < -0.4 is 4.72 Å². The molecule has 0 aromatic rings. The lowest BCUT2D eigenvalue weighted by Gasteiger charge is -2.11. The lowest BCUT2D eigenvalue weighted by atomic mass is 10.1. The molecule has 0 aliphatic heterocycles. The van der Waals surface area contributed by atoms with Crippen molar-refractivity contribution in [3.05, 3.63) is 0 Å². The summed E-state index contributed by atoms with van der Waals surface area (Å²) in [4.78, 5) is 0. The molecule has 2 N–H and O–H groups in total. The van der Waals surface area contributed by atoms with E-state index in [1.807, 2.05) is 0 Å². The standard InChI is InChI=1S/C8H17NO3S/c1-2-13(11,12)9-8-4-3-7(5-8)6-10/h7-10H,2-6H2,1H3/t7-,8+/m0/s1. The minimum Gasteiger partial charge on any atom is -0.396 e. The maximum absolute atomic E-state index is 11.2. The van der Waals surface area contributed by atoms with Crippen LogP contribution in [0.3, 0.4) is 0 Å². The second-order valence-electron chi connectivity index (χ2n) is 3.58. The van der Waals surface area contributed by atoms with Gasteiger partial charge in [0.1, 0.15) is 0 Å². The van der Waals surface area contributed by atoms with Gasteiger partial charge in [-0.05, 0) is 32.1 Å². The number of aliphatic hydroxyl groups is 1. The third-order valence-corrected chi connectivity index (χ3v) is 3.98. The van der Waals surface area contributed by atoms with Gasteiger partial charge >= 0.3 is 0 Å². The first-order chi connectivity index (χ1) is 6.07. The fourth-order valence-electron chi connectivity index (χ4n) is 1.69. The molecule has 1 aliphatic rings. The van der Waals surface area contributed by atoms with Crippen molar-refractivity contribution in [1.29, 1.82) is 0 Å². The molecule has 1 aliphatic carbocycles. The highest BCUT2D eigenvalue weighted by Gasteiger charge is 2.26.